The topological polar surface area (TPSA) is 89.0 Å². The average Bonchev–Trinajstić information content (AvgIpc) is 2.83. The second kappa shape index (κ2) is 12.6. The molecule has 2 amide bonds. The van der Waals surface area contributed by atoms with Gasteiger partial charge in [-0.25, -0.2) is 5.43 Å². The number of halogens is 1. The van der Waals surface area contributed by atoms with Crippen LogP contribution >= 0.6 is 15.9 Å². The van der Waals surface area contributed by atoms with Crippen LogP contribution in [-0.4, -0.2) is 25.1 Å². The molecule has 0 aliphatic heterocycles. The average molecular weight is 524 g/mol. The Morgan fingerprint density at radius 1 is 1.00 bits per heavy atom. The van der Waals surface area contributed by atoms with Gasteiger partial charge in [-0.3, -0.25) is 9.59 Å². The molecule has 176 valence electrons. The fraction of sp³-hybridized carbons (Fsp3) is 0.192. The van der Waals surface area contributed by atoms with E-state index in [1.54, 1.807) is 25.3 Å². The minimum Gasteiger partial charge on any atom is -0.493 e. The molecule has 0 bridgehead atoms. The Morgan fingerprint density at radius 3 is 2.41 bits per heavy atom. The summed E-state index contributed by atoms with van der Waals surface area (Å²) in [6.45, 7) is 2.44. The van der Waals surface area contributed by atoms with Gasteiger partial charge in [0.05, 0.1) is 17.8 Å². The molecule has 0 heterocycles. The van der Waals surface area contributed by atoms with E-state index in [1.165, 1.54) is 11.8 Å². The Kier molecular flexibility index (Phi) is 9.22. The van der Waals surface area contributed by atoms with Gasteiger partial charge < -0.3 is 14.8 Å². The van der Waals surface area contributed by atoms with E-state index in [-0.39, 0.29) is 24.7 Å². The van der Waals surface area contributed by atoms with E-state index in [9.17, 15) is 9.59 Å². The van der Waals surface area contributed by atoms with E-state index in [0.717, 1.165) is 5.56 Å². The number of hydrazone groups is 1. The number of hydrogen-bond acceptors (Lipinski definition) is 5. The minimum absolute atomic E-state index is 0.0226. The van der Waals surface area contributed by atoms with Gasteiger partial charge in [0.2, 0.25) is 11.8 Å². The van der Waals surface area contributed by atoms with Crippen LogP contribution in [0.3, 0.4) is 0 Å². The lowest BCUT2D eigenvalue weighted by Crippen LogP contribution is -2.20. The number of hydrogen-bond donors (Lipinski definition) is 2. The van der Waals surface area contributed by atoms with Crippen LogP contribution in [0.25, 0.3) is 0 Å². The van der Waals surface area contributed by atoms with E-state index < -0.39 is 0 Å². The van der Waals surface area contributed by atoms with Gasteiger partial charge in [0, 0.05) is 18.5 Å². The Labute approximate surface area is 207 Å². The lowest BCUT2D eigenvalue weighted by atomic mass is 10.2. The summed E-state index contributed by atoms with van der Waals surface area (Å²) in [4.78, 5) is 24.0. The number of benzene rings is 3. The zero-order valence-corrected chi connectivity index (χ0v) is 20.6. The molecule has 3 rings (SSSR count). The maximum Gasteiger partial charge on any atom is 0.240 e. The highest BCUT2D eigenvalue weighted by Crippen LogP contribution is 2.36. The lowest BCUT2D eigenvalue weighted by molar-refractivity contribution is -0.124. The van der Waals surface area contributed by atoms with Crippen molar-refractivity contribution in [3.05, 3.63) is 87.9 Å². The van der Waals surface area contributed by atoms with Crippen LogP contribution in [0.15, 0.2) is 76.3 Å². The molecule has 34 heavy (non-hydrogen) atoms. The second-order valence-electron chi connectivity index (χ2n) is 7.52. The third kappa shape index (κ3) is 7.74. The molecule has 3 aromatic rings. The molecule has 8 heteroatoms. The van der Waals surface area contributed by atoms with Crippen molar-refractivity contribution in [2.45, 2.75) is 26.4 Å². The monoisotopic (exact) mass is 523 g/mol. The van der Waals surface area contributed by atoms with E-state index >= 15 is 0 Å². The van der Waals surface area contributed by atoms with Gasteiger partial charge in [0.25, 0.3) is 0 Å². The van der Waals surface area contributed by atoms with Crippen molar-refractivity contribution < 1.29 is 19.1 Å². The van der Waals surface area contributed by atoms with Crippen LogP contribution in [-0.2, 0) is 16.2 Å². The van der Waals surface area contributed by atoms with Crippen molar-refractivity contribution in [1.29, 1.82) is 0 Å². The van der Waals surface area contributed by atoms with Gasteiger partial charge in [0.15, 0.2) is 11.5 Å². The van der Waals surface area contributed by atoms with Crippen LogP contribution in [0.1, 0.15) is 29.5 Å². The van der Waals surface area contributed by atoms with E-state index in [2.05, 4.69) is 31.8 Å². The fourth-order valence-corrected chi connectivity index (χ4v) is 3.58. The van der Waals surface area contributed by atoms with Crippen LogP contribution in [0.4, 0.5) is 5.69 Å². The first kappa shape index (κ1) is 25.0. The first-order valence-corrected chi connectivity index (χ1v) is 11.5. The molecule has 2 N–H and O–H groups in total. The van der Waals surface area contributed by atoms with Crippen molar-refractivity contribution in [1.82, 2.24) is 5.43 Å². The van der Waals surface area contributed by atoms with Gasteiger partial charge in [-0.05, 0) is 58.2 Å². The molecule has 3 aromatic carbocycles. The molecule has 7 nitrogen and oxygen atoms in total. The van der Waals surface area contributed by atoms with Crippen LogP contribution in [0.5, 0.6) is 11.5 Å². The smallest absolute Gasteiger partial charge is 0.240 e. The number of nitrogens with zero attached hydrogens (tertiary/aromatic N) is 1. The summed E-state index contributed by atoms with van der Waals surface area (Å²) in [5.74, 6) is 0.518. The van der Waals surface area contributed by atoms with Crippen molar-refractivity contribution in [3.8, 4) is 11.5 Å². The molecule has 0 fully saturated rings. The predicted octanol–water partition coefficient (Wildman–Crippen LogP) is 5.21. The summed E-state index contributed by atoms with van der Waals surface area (Å²) < 4.78 is 12.1. The minimum atomic E-state index is -0.358. The molecule has 0 unspecified atom stereocenters. The molecule has 0 atom stereocenters. The van der Waals surface area contributed by atoms with Gasteiger partial charge in [-0.1, -0.05) is 48.0 Å². The summed E-state index contributed by atoms with van der Waals surface area (Å²) >= 11 is 3.51. The van der Waals surface area contributed by atoms with Crippen molar-refractivity contribution in [2.75, 3.05) is 12.4 Å². The van der Waals surface area contributed by atoms with E-state index in [1.807, 2.05) is 55.5 Å². The summed E-state index contributed by atoms with van der Waals surface area (Å²) in [7, 11) is 1.56. The van der Waals surface area contributed by atoms with Gasteiger partial charge in [-0.15, -0.1) is 0 Å². The predicted molar refractivity (Wildman–Crippen MR) is 136 cm³/mol. The molecule has 0 saturated heterocycles. The zero-order valence-electron chi connectivity index (χ0n) is 19.0. The molecule has 0 aliphatic carbocycles. The van der Waals surface area contributed by atoms with E-state index in [0.29, 0.717) is 33.8 Å². The Morgan fingerprint density at radius 2 is 1.71 bits per heavy atom. The van der Waals surface area contributed by atoms with Crippen LogP contribution < -0.4 is 20.2 Å². The first-order chi connectivity index (χ1) is 16.4. The fourth-order valence-electron chi connectivity index (χ4n) is 3.00. The normalized spacial score (nSPS) is 10.7. The summed E-state index contributed by atoms with van der Waals surface area (Å²) in [5, 5.41) is 6.72. The maximum absolute atomic E-state index is 12.0. The van der Waals surface area contributed by atoms with Gasteiger partial charge in [0.1, 0.15) is 6.61 Å². The summed E-state index contributed by atoms with van der Waals surface area (Å²) in [5.41, 5.74) is 6.07. The van der Waals surface area contributed by atoms with Crippen molar-refractivity contribution in [2.24, 2.45) is 5.10 Å². The quantitative estimate of drug-likeness (QED) is 0.282. The Bertz CT molecular complexity index is 1150. The molecule has 0 aliphatic rings. The molecular weight excluding hydrogens is 498 g/mol. The highest BCUT2D eigenvalue weighted by Gasteiger charge is 2.12. The molecule has 0 spiro atoms. The standard InChI is InChI=1S/C26H26BrN3O4/c1-18-8-10-19(11-9-18)17-34-26-22(27)14-20(15-23(26)33-2)16-28-30-25(32)13-12-24(31)29-21-6-4-3-5-7-21/h3-11,14-16H,12-13,17H2,1-2H3,(H,29,31)(H,30,32). The summed E-state index contributed by atoms with van der Waals surface area (Å²) in [6, 6.07) is 20.8. The zero-order chi connectivity index (χ0) is 24.3. The largest absolute Gasteiger partial charge is 0.493 e. The number of rotatable bonds is 10. The first-order valence-electron chi connectivity index (χ1n) is 10.7. The Hall–Kier alpha value is -3.65. The molecule has 0 saturated carbocycles. The highest BCUT2D eigenvalue weighted by molar-refractivity contribution is 9.10. The molecule has 0 aromatic heterocycles. The number of ether oxygens (including phenoxy) is 2. The summed E-state index contributed by atoms with van der Waals surface area (Å²) in [6.07, 6.45) is 1.58. The maximum atomic E-state index is 12.0. The lowest BCUT2D eigenvalue weighted by Gasteiger charge is -2.13. The second-order valence-corrected chi connectivity index (χ2v) is 8.37. The number of amides is 2. The van der Waals surface area contributed by atoms with Crippen molar-refractivity contribution in [3.63, 3.8) is 0 Å². The van der Waals surface area contributed by atoms with Crippen LogP contribution in [0.2, 0.25) is 0 Å². The Balaban J connectivity index is 1.51. The highest BCUT2D eigenvalue weighted by atomic mass is 79.9. The van der Waals surface area contributed by atoms with Crippen LogP contribution in [0, 0.1) is 6.92 Å². The molecule has 0 radical (unpaired) electrons. The number of anilines is 1. The third-order valence-electron chi connectivity index (χ3n) is 4.80. The SMILES string of the molecule is COc1cc(C=NNC(=O)CCC(=O)Nc2ccccc2)cc(Br)c1OCc1ccc(C)cc1. The third-order valence-corrected chi connectivity index (χ3v) is 5.38. The number of carbonyl (C=O) groups excluding carboxylic acids is 2. The number of nitrogens with one attached hydrogen (secondary N) is 2. The number of methoxy groups -OCH3 is 1. The number of aryl methyl sites for hydroxylation is 1. The number of para-hydroxylation sites is 1. The van der Waals surface area contributed by atoms with Gasteiger partial charge >= 0.3 is 0 Å². The number of carbonyl (C=O) groups is 2. The van der Waals surface area contributed by atoms with E-state index in [4.69, 9.17) is 9.47 Å². The molecular formula is C26H26BrN3O4. The van der Waals surface area contributed by atoms with Crippen molar-refractivity contribution >= 4 is 39.6 Å². The van der Waals surface area contributed by atoms with Gasteiger partial charge in [-0.2, -0.15) is 5.10 Å².